The molecule has 0 saturated carbocycles. The van der Waals surface area contributed by atoms with Crippen LogP contribution in [0.3, 0.4) is 0 Å². The van der Waals surface area contributed by atoms with Gasteiger partial charge >= 0.3 is 0 Å². The van der Waals surface area contributed by atoms with Crippen LogP contribution in [0.15, 0.2) is 24.3 Å². The predicted molar refractivity (Wildman–Crippen MR) is 71.9 cm³/mol. The third kappa shape index (κ3) is 6.52. The van der Waals surface area contributed by atoms with Gasteiger partial charge in [0.15, 0.2) is 11.6 Å². The molecule has 0 bridgehead atoms. The van der Waals surface area contributed by atoms with Crippen LogP contribution >= 0.6 is 0 Å². The maximum absolute atomic E-state index is 13.2. The number of aliphatic hydroxyl groups excluding tert-OH is 1. The van der Waals surface area contributed by atoms with Gasteiger partial charge in [-0.2, -0.15) is 0 Å². The number of nitrogens with one attached hydrogen (secondary N) is 1. The molecule has 1 aromatic carbocycles. The summed E-state index contributed by atoms with van der Waals surface area (Å²) in [5.41, 5.74) is 0. The minimum Gasteiger partial charge on any atom is -0.488 e. The van der Waals surface area contributed by atoms with E-state index in [0.717, 1.165) is 0 Å². The molecule has 2 atom stereocenters. The van der Waals surface area contributed by atoms with Crippen molar-refractivity contribution >= 4 is 0 Å². The predicted octanol–water partition coefficient (Wildman–Crippen LogP) is 1.58. The molecule has 0 spiro atoms. The number of hydrogen-bond donors (Lipinski definition) is 2. The third-order valence-electron chi connectivity index (χ3n) is 2.53. The first kappa shape index (κ1) is 15.9. The molecule has 1 rings (SSSR count). The van der Waals surface area contributed by atoms with Gasteiger partial charge in [-0.1, -0.05) is 12.1 Å². The molecule has 0 aliphatic carbocycles. The van der Waals surface area contributed by atoms with Crippen LogP contribution in [-0.4, -0.2) is 43.6 Å². The maximum atomic E-state index is 13.2. The molecular weight excluding hydrogens is 249 g/mol. The molecule has 0 radical (unpaired) electrons. The van der Waals surface area contributed by atoms with Crippen LogP contribution < -0.4 is 10.1 Å². The van der Waals surface area contributed by atoms with Crippen molar-refractivity contribution in [3.8, 4) is 5.75 Å². The molecule has 0 amide bonds. The van der Waals surface area contributed by atoms with Crippen LogP contribution in [0.4, 0.5) is 4.39 Å². The van der Waals surface area contributed by atoms with Gasteiger partial charge in [-0.15, -0.1) is 0 Å². The van der Waals surface area contributed by atoms with Gasteiger partial charge in [-0.05, 0) is 26.0 Å². The quantitative estimate of drug-likeness (QED) is 0.716. The highest BCUT2D eigenvalue weighted by atomic mass is 19.1. The van der Waals surface area contributed by atoms with E-state index >= 15 is 0 Å². The zero-order valence-corrected chi connectivity index (χ0v) is 11.4. The van der Waals surface area contributed by atoms with Crippen molar-refractivity contribution in [2.75, 3.05) is 26.3 Å². The zero-order chi connectivity index (χ0) is 14.1. The Balaban J connectivity index is 2.18. The topological polar surface area (TPSA) is 50.7 Å². The summed E-state index contributed by atoms with van der Waals surface area (Å²) in [5, 5.41) is 12.8. The number of rotatable bonds is 9. The minimum absolute atomic E-state index is 0.0525. The molecule has 2 N–H and O–H groups in total. The molecule has 5 heteroatoms. The minimum atomic E-state index is -0.687. The van der Waals surface area contributed by atoms with E-state index in [4.69, 9.17) is 9.47 Å². The Kier molecular flexibility index (Phi) is 7.40. The van der Waals surface area contributed by atoms with E-state index in [1.54, 1.807) is 12.1 Å². The molecule has 0 heterocycles. The lowest BCUT2D eigenvalue weighted by atomic mass is 10.3. The molecule has 2 unspecified atom stereocenters. The van der Waals surface area contributed by atoms with Crippen LogP contribution in [0.25, 0.3) is 0 Å². The van der Waals surface area contributed by atoms with Gasteiger partial charge in [0.25, 0.3) is 0 Å². The SMILES string of the molecule is CCOC(C)CNCC(O)COc1ccccc1F. The van der Waals surface area contributed by atoms with Crippen LogP contribution in [0.2, 0.25) is 0 Å². The fourth-order valence-electron chi connectivity index (χ4n) is 1.60. The van der Waals surface area contributed by atoms with Gasteiger partial charge in [0, 0.05) is 19.7 Å². The van der Waals surface area contributed by atoms with Crippen LogP contribution in [0, 0.1) is 5.82 Å². The maximum Gasteiger partial charge on any atom is 0.165 e. The second-order valence-electron chi connectivity index (χ2n) is 4.32. The number of halogens is 1. The third-order valence-corrected chi connectivity index (χ3v) is 2.53. The number of hydrogen-bond acceptors (Lipinski definition) is 4. The average Bonchev–Trinajstić information content (AvgIpc) is 2.38. The molecule has 0 aliphatic rings. The first-order chi connectivity index (χ1) is 9.13. The fourth-order valence-corrected chi connectivity index (χ4v) is 1.60. The van der Waals surface area contributed by atoms with Gasteiger partial charge in [0.2, 0.25) is 0 Å². The molecule has 0 aromatic heterocycles. The fraction of sp³-hybridized carbons (Fsp3) is 0.571. The summed E-state index contributed by atoms with van der Waals surface area (Å²) in [7, 11) is 0. The van der Waals surface area contributed by atoms with Crippen molar-refractivity contribution in [2.24, 2.45) is 0 Å². The second kappa shape index (κ2) is 8.85. The second-order valence-corrected chi connectivity index (χ2v) is 4.32. The van der Waals surface area contributed by atoms with E-state index in [2.05, 4.69) is 5.32 Å². The molecule has 1 aromatic rings. The number of benzene rings is 1. The van der Waals surface area contributed by atoms with Crippen LogP contribution in [0.5, 0.6) is 5.75 Å². The zero-order valence-electron chi connectivity index (χ0n) is 11.4. The van der Waals surface area contributed by atoms with Gasteiger partial charge in [-0.3, -0.25) is 0 Å². The van der Waals surface area contributed by atoms with Crippen molar-refractivity contribution in [1.82, 2.24) is 5.32 Å². The van der Waals surface area contributed by atoms with E-state index in [1.807, 2.05) is 13.8 Å². The Labute approximate surface area is 113 Å². The highest BCUT2D eigenvalue weighted by Gasteiger charge is 2.08. The molecule has 0 aliphatic heterocycles. The lowest BCUT2D eigenvalue weighted by Gasteiger charge is -2.16. The van der Waals surface area contributed by atoms with Crippen molar-refractivity contribution in [2.45, 2.75) is 26.1 Å². The average molecular weight is 271 g/mol. The summed E-state index contributed by atoms with van der Waals surface area (Å²) >= 11 is 0. The molecule has 0 saturated heterocycles. The Morgan fingerprint density at radius 1 is 1.32 bits per heavy atom. The van der Waals surface area contributed by atoms with E-state index in [1.165, 1.54) is 12.1 Å². The molecule has 4 nitrogen and oxygen atoms in total. The smallest absolute Gasteiger partial charge is 0.165 e. The first-order valence-corrected chi connectivity index (χ1v) is 6.51. The summed E-state index contributed by atoms with van der Waals surface area (Å²) in [6, 6.07) is 6.14. The Hall–Kier alpha value is -1.17. The van der Waals surface area contributed by atoms with Crippen molar-refractivity contribution in [3.63, 3.8) is 0 Å². The van der Waals surface area contributed by atoms with Gasteiger partial charge in [0.1, 0.15) is 12.7 Å². The first-order valence-electron chi connectivity index (χ1n) is 6.51. The van der Waals surface area contributed by atoms with Crippen LogP contribution in [-0.2, 0) is 4.74 Å². The largest absolute Gasteiger partial charge is 0.488 e. The Morgan fingerprint density at radius 2 is 2.05 bits per heavy atom. The van der Waals surface area contributed by atoms with Gasteiger partial charge < -0.3 is 19.9 Å². The van der Waals surface area contributed by atoms with Crippen molar-refractivity contribution in [3.05, 3.63) is 30.1 Å². The van der Waals surface area contributed by atoms with Crippen LogP contribution in [0.1, 0.15) is 13.8 Å². The summed E-state index contributed by atoms with van der Waals surface area (Å²) in [5.74, 6) is -0.267. The van der Waals surface area contributed by atoms with Gasteiger partial charge in [-0.25, -0.2) is 4.39 Å². The number of ether oxygens (including phenoxy) is 2. The molecular formula is C14H22FNO3. The van der Waals surface area contributed by atoms with E-state index in [9.17, 15) is 9.50 Å². The summed E-state index contributed by atoms with van der Waals surface area (Å²) in [6.45, 7) is 5.65. The number of aliphatic hydroxyl groups is 1. The summed E-state index contributed by atoms with van der Waals surface area (Å²) < 4.78 is 23.8. The lowest BCUT2D eigenvalue weighted by Crippen LogP contribution is -2.35. The molecule has 0 fully saturated rings. The molecule has 108 valence electrons. The summed E-state index contributed by atoms with van der Waals surface area (Å²) in [4.78, 5) is 0. The Morgan fingerprint density at radius 3 is 2.74 bits per heavy atom. The van der Waals surface area contributed by atoms with E-state index in [0.29, 0.717) is 19.7 Å². The highest BCUT2D eigenvalue weighted by Crippen LogP contribution is 2.15. The lowest BCUT2D eigenvalue weighted by molar-refractivity contribution is 0.0668. The van der Waals surface area contributed by atoms with Crippen molar-refractivity contribution in [1.29, 1.82) is 0 Å². The van der Waals surface area contributed by atoms with Gasteiger partial charge in [0.05, 0.1) is 6.10 Å². The normalized spacial score (nSPS) is 14.1. The van der Waals surface area contributed by atoms with E-state index in [-0.39, 0.29) is 18.5 Å². The monoisotopic (exact) mass is 271 g/mol. The molecule has 19 heavy (non-hydrogen) atoms. The summed E-state index contributed by atoms with van der Waals surface area (Å²) in [6.07, 6.45) is -0.585. The highest BCUT2D eigenvalue weighted by molar-refractivity contribution is 5.23. The van der Waals surface area contributed by atoms with E-state index < -0.39 is 11.9 Å². The Bertz CT molecular complexity index is 362. The number of para-hydroxylation sites is 1. The standard InChI is InChI=1S/C14H22FNO3/c1-3-18-11(2)8-16-9-12(17)10-19-14-7-5-4-6-13(14)15/h4-7,11-12,16-17H,3,8-10H2,1-2H3. The van der Waals surface area contributed by atoms with Crippen molar-refractivity contribution < 1.29 is 19.0 Å².